The minimum Gasteiger partial charge on any atom is -0.349 e. The van der Waals surface area contributed by atoms with E-state index in [4.69, 9.17) is 5.73 Å². The van der Waals surface area contributed by atoms with Gasteiger partial charge in [-0.05, 0) is 43.6 Å². The number of amides is 1. The van der Waals surface area contributed by atoms with Gasteiger partial charge in [-0.25, -0.2) is 0 Å². The van der Waals surface area contributed by atoms with Crippen molar-refractivity contribution in [2.75, 3.05) is 6.54 Å². The summed E-state index contributed by atoms with van der Waals surface area (Å²) in [6.45, 7) is 2.62. The van der Waals surface area contributed by atoms with Gasteiger partial charge in [0, 0.05) is 12.5 Å². The monoisotopic (exact) mass is 258 g/mol. The second-order valence-electron chi connectivity index (χ2n) is 6.24. The number of nitrogens with one attached hydrogen (secondary N) is 1. The van der Waals surface area contributed by atoms with Crippen LogP contribution in [0.3, 0.4) is 0 Å². The molecule has 1 amide bonds. The Labute approximate surface area is 114 Å². The van der Waals surface area contributed by atoms with Crippen molar-refractivity contribution in [1.29, 1.82) is 0 Å². The zero-order valence-electron chi connectivity index (χ0n) is 11.4. The van der Waals surface area contributed by atoms with E-state index in [1.807, 2.05) is 18.2 Å². The fourth-order valence-corrected chi connectivity index (χ4v) is 2.97. The normalized spacial score (nSPS) is 28.5. The van der Waals surface area contributed by atoms with Crippen LogP contribution < -0.4 is 11.1 Å². The van der Waals surface area contributed by atoms with Crippen LogP contribution in [0.15, 0.2) is 30.3 Å². The summed E-state index contributed by atoms with van der Waals surface area (Å²) in [5, 5.41) is 3.20. The highest BCUT2D eigenvalue weighted by Gasteiger charge is 2.48. The molecule has 2 aliphatic carbocycles. The zero-order chi connectivity index (χ0) is 13.5. The van der Waals surface area contributed by atoms with Crippen molar-refractivity contribution in [2.24, 2.45) is 17.6 Å². The summed E-state index contributed by atoms with van der Waals surface area (Å²) in [5.74, 6) is 1.32. The van der Waals surface area contributed by atoms with Crippen molar-refractivity contribution in [3.63, 3.8) is 0 Å². The third-order valence-electron chi connectivity index (χ3n) is 4.67. The molecule has 0 bridgehead atoms. The molecule has 0 aliphatic heterocycles. The molecule has 2 aliphatic rings. The summed E-state index contributed by atoms with van der Waals surface area (Å²) in [6, 6.07) is 10.3. The summed E-state index contributed by atoms with van der Waals surface area (Å²) >= 11 is 0. The van der Waals surface area contributed by atoms with Crippen molar-refractivity contribution in [3.8, 4) is 0 Å². The van der Waals surface area contributed by atoms with Gasteiger partial charge in [0.2, 0.25) is 5.91 Å². The summed E-state index contributed by atoms with van der Waals surface area (Å²) in [7, 11) is 0. The molecule has 1 aromatic rings. The Morgan fingerprint density at radius 3 is 2.63 bits per heavy atom. The fraction of sp³-hybridized carbons (Fsp3) is 0.562. The van der Waals surface area contributed by atoms with Crippen LogP contribution in [0.25, 0.3) is 0 Å². The summed E-state index contributed by atoms with van der Waals surface area (Å²) in [4.78, 5) is 12.3. The molecule has 0 saturated heterocycles. The van der Waals surface area contributed by atoms with E-state index in [1.54, 1.807) is 0 Å². The van der Waals surface area contributed by atoms with E-state index in [0.717, 1.165) is 6.42 Å². The lowest BCUT2D eigenvalue weighted by Gasteiger charge is -2.29. The average Bonchev–Trinajstić information content (AvgIpc) is 3.31. The van der Waals surface area contributed by atoms with Crippen molar-refractivity contribution < 1.29 is 4.79 Å². The van der Waals surface area contributed by atoms with Gasteiger partial charge in [0.15, 0.2) is 0 Å². The number of carbonyl (C=O) groups is 1. The lowest BCUT2D eigenvalue weighted by atomic mass is 9.95. The van der Waals surface area contributed by atoms with Gasteiger partial charge in [-0.1, -0.05) is 30.3 Å². The van der Waals surface area contributed by atoms with E-state index < -0.39 is 0 Å². The van der Waals surface area contributed by atoms with Crippen LogP contribution in [0.4, 0.5) is 0 Å². The van der Waals surface area contributed by atoms with Crippen LogP contribution in [0.2, 0.25) is 0 Å². The van der Waals surface area contributed by atoms with Gasteiger partial charge < -0.3 is 11.1 Å². The van der Waals surface area contributed by atoms with Crippen LogP contribution in [0, 0.1) is 11.8 Å². The van der Waals surface area contributed by atoms with Crippen LogP contribution in [-0.2, 0) is 4.79 Å². The SMILES string of the molecule is CC(CN)(NC(=O)C1CC1c1ccccc1)C1CC1. The molecule has 2 fully saturated rings. The summed E-state index contributed by atoms with van der Waals surface area (Å²) in [5.41, 5.74) is 6.94. The van der Waals surface area contributed by atoms with E-state index in [1.165, 1.54) is 18.4 Å². The summed E-state index contributed by atoms with van der Waals surface area (Å²) < 4.78 is 0. The third kappa shape index (κ3) is 2.52. The molecule has 102 valence electrons. The number of carbonyl (C=O) groups excluding carboxylic acids is 1. The first-order valence-corrected chi connectivity index (χ1v) is 7.21. The molecule has 3 nitrogen and oxygen atoms in total. The van der Waals surface area contributed by atoms with Crippen molar-refractivity contribution in [3.05, 3.63) is 35.9 Å². The first kappa shape index (κ1) is 12.7. The Hall–Kier alpha value is -1.35. The molecule has 3 atom stereocenters. The maximum atomic E-state index is 12.3. The Balaban J connectivity index is 1.61. The topological polar surface area (TPSA) is 55.1 Å². The van der Waals surface area contributed by atoms with Gasteiger partial charge in [-0.2, -0.15) is 0 Å². The van der Waals surface area contributed by atoms with Gasteiger partial charge in [0.1, 0.15) is 0 Å². The van der Waals surface area contributed by atoms with Gasteiger partial charge in [-0.15, -0.1) is 0 Å². The maximum Gasteiger partial charge on any atom is 0.224 e. The average molecular weight is 258 g/mol. The van der Waals surface area contributed by atoms with Crippen LogP contribution in [-0.4, -0.2) is 18.0 Å². The summed E-state index contributed by atoms with van der Waals surface area (Å²) in [6.07, 6.45) is 3.36. The number of hydrogen-bond acceptors (Lipinski definition) is 2. The van der Waals surface area contributed by atoms with Gasteiger partial charge >= 0.3 is 0 Å². The number of hydrogen-bond donors (Lipinski definition) is 2. The number of nitrogens with two attached hydrogens (primary N) is 1. The van der Waals surface area contributed by atoms with Gasteiger partial charge in [-0.3, -0.25) is 4.79 Å². The molecular weight excluding hydrogens is 236 g/mol. The van der Waals surface area contributed by atoms with E-state index in [2.05, 4.69) is 24.4 Å². The molecule has 0 spiro atoms. The molecule has 3 heteroatoms. The molecule has 0 heterocycles. The molecular formula is C16H22N2O. The molecule has 0 aromatic heterocycles. The Kier molecular flexibility index (Phi) is 3.09. The van der Waals surface area contributed by atoms with Crippen molar-refractivity contribution >= 4 is 5.91 Å². The second kappa shape index (κ2) is 4.64. The predicted molar refractivity (Wildman–Crippen MR) is 75.6 cm³/mol. The van der Waals surface area contributed by atoms with Crippen LogP contribution in [0.1, 0.15) is 37.7 Å². The molecule has 3 N–H and O–H groups in total. The smallest absolute Gasteiger partial charge is 0.224 e. The number of benzene rings is 1. The quantitative estimate of drug-likeness (QED) is 0.849. The van der Waals surface area contributed by atoms with Crippen LogP contribution >= 0.6 is 0 Å². The third-order valence-corrected chi connectivity index (χ3v) is 4.67. The Morgan fingerprint density at radius 2 is 2.05 bits per heavy atom. The zero-order valence-corrected chi connectivity index (χ0v) is 11.4. The first-order valence-electron chi connectivity index (χ1n) is 7.21. The van der Waals surface area contributed by atoms with Gasteiger partial charge in [0.05, 0.1) is 5.54 Å². The highest BCUT2D eigenvalue weighted by atomic mass is 16.2. The van der Waals surface area contributed by atoms with E-state index >= 15 is 0 Å². The predicted octanol–water partition coefficient (Wildman–Crippen LogP) is 2.03. The number of rotatable bonds is 5. The first-order chi connectivity index (χ1) is 9.14. The molecule has 0 radical (unpaired) electrons. The highest BCUT2D eigenvalue weighted by molar-refractivity contribution is 5.83. The highest BCUT2D eigenvalue weighted by Crippen LogP contribution is 2.48. The van der Waals surface area contributed by atoms with E-state index in [9.17, 15) is 4.79 Å². The Morgan fingerprint density at radius 1 is 1.37 bits per heavy atom. The molecule has 3 rings (SSSR count). The van der Waals surface area contributed by atoms with E-state index in [0.29, 0.717) is 18.4 Å². The molecule has 1 aromatic carbocycles. The minimum atomic E-state index is -0.194. The standard InChI is InChI=1S/C16H22N2O/c1-16(10-17,12-7-8-12)18-15(19)14-9-13(14)11-5-3-2-4-6-11/h2-6,12-14H,7-10,17H2,1H3,(H,18,19). The van der Waals surface area contributed by atoms with Crippen LogP contribution in [0.5, 0.6) is 0 Å². The molecule has 3 unspecified atom stereocenters. The largest absolute Gasteiger partial charge is 0.349 e. The fourth-order valence-electron chi connectivity index (χ4n) is 2.97. The van der Waals surface area contributed by atoms with Crippen molar-refractivity contribution in [1.82, 2.24) is 5.32 Å². The maximum absolute atomic E-state index is 12.3. The van der Waals surface area contributed by atoms with Crippen molar-refractivity contribution in [2.45, 2.75) is 37.6 Å². The lowest BCUT2D eigenvalue weighted by Crippen LogP contribution is -2.53. The Bertz CT molecular complexity index is 469. The second-order valence-corrected chi connectivity index (χ2v) is 6.24. The van der Waals surface area contributed by atoms with Gasteiger partial charge in [0.25, 0.3) is 0 Å². The lowest BCUT2D eigenvalue weighted by molar-refractivity contribution is -0.124. The minimum absolute atomic E-state index is 0.145. The van der Waals surface area contributed by atoms with E-state index in [-0.39, 0.29) is 17.4 Å². The molecule has 2 saturated carbocycles. The molecule has 19 heavy (non-hydrogen) atoms.